The minimum Gasteiger partial charge on any atom is -0.458 e. The fourth-order valence-electron chi connectivity index (χ4n) is 6.48. The zero-order chi connectivity index (χ0) is 21.9. The van der Waals surface area contributed by atoms with Gasteiger partial charge in [0.25, 0.3) is 0 Å². The molecule has 0 aromatic heterocycles. The summed E-state index contributed by atoms with van der Waals surface area (Å²) in [5.74, 6) is -0.702. The fraction of sp³-hybridized carbons (Fsp3) is 0.625. The smallest absolute Gasteiger partial charge is 0.303 e. The molecule has 0 amide bonds. The van der Waals surface area contributed by atoms with E-state index < -0.39 is 28.9 Å². The molecule has 0 aliphatic heterocycles. The molecule has 4 unspecified atom stereocenters. The number of carbonyl (C=O) groups is 3. The maximum Gasteiger partial charge on any atom is 0.303 e. The average Bonchev–Trinajstić information content (AvgIpc) is 2.87. The molecule has 0 heterocycles. The van der Waals surface area contributed by atoms with Crippen molar-refractivity contribution in [2.75, 3.05) is 6.61 Å². The zero-order valence-corrected chi connectivity index (χ0v) is 17.8. The summed E-state index contributed by atoms with van der Waals surface area (Å²) in [5, 5.41) is 22.4. The van der Waals surface area contributed by atoms with Crippen LogP contribution in [0.3, 0.4) is 0 Å². The van der Waals surface area contributed by atoms with Gasteiger partial charge in [0.15, 0.2) is 11.6 Å². The van der Waals surface area contributed by atoms with Gasteiger partial charge >= 0.3 is 5.97 Å². The number of Topliss-reactive ketones (excluding diaryl/α,β-unsaturated/α-hetero) is 1. The van der Waals surface area contributed by atoms with Gasteiger partial charge in [-0.2, -0.15) is 0 Å². The van der Waals surface area contributed by atoms with Crippen molar-refractivity contribution in [2.45, 2.75) is 64.6 Å². The molecular formula is C24H30O6. The first kappa shape index (κ1) is 21.2. The van der Waals surface area contributed by atoms with Crippen LogP contribution < -0.4 is 0 Å². The minimum atomic E-state index is -1.56. The Labute approximate surface area is 176 Å². The van der Waals surface area contributed by atoms with E-state index in [2.05, 4.69) is 13.0 Å². The predicted molar refractivity (Wildman–Crippen MR) is 109 cm³/mol. The molecule has 6 atom stereocenters. The van der Waals surface area contributed by atoms with Gasteiger partial charge in [0.2, 0.25) is 0 Å². The quantitative estimate of drug-likeness (QED) is 0.541. The highest BCUT2D eigenvalue weighted by Gasteiger charge is 2.65. The zero-order valence-electron chi connectivity index (χ0n) is 17.8. The van der Waals surface area contributed by atoms with E-state index in [1.807, 2.05) is 13.0 Å². The van der Waals surface area contributed by atoms with Crippen LogP contribution >= 0.6 is 0 Å². The molecule has 6 nitrogen and oxygen atoms in total. The maximum absolute atomic E-state index is 12.4. The summed E-state index contributed by atoms with van der Waals surface area (Å²) < 4.78 is 4.80. The first-order valence-electron chi connectivity index (χ1n) is 10.7. The Morgan fingerprint density at radius 1 is 1.30 bits per heavy atom. The van der Waals surface area contributed by atoms with Crippen molar-refractivity contribution in [1.82, 2.24) is 0 Å². The van der Waals surface area contributed by atoms with E-state index in [1.54, 1.807) is 12.2 Å². The number of carbonyl (C=O) groups excluding carboxylic acids is 3. The first-order valence-corrected chi connectivity index (χ1v) is 10.7. The molecule has 4 aliphatic rings. The van der Waals surface area contributed by atoms with Crippen LogP contribution in [-0.2, 0) is 19.1 Å². The second kappa shape index (κ2) is 6.99. The summed E-state index contributed by atoms with van der Waals surface area (Å²) >= 11 is 0. The molecule has 30 heavy (non-hydrogen) atoms. The third kappa shape index (κ3) is 2.95. The Balaban J connectivity index is 1.65. The molecule has 4 rings (SSSR count). The third-order valence-corrected chi connectivity index (χ3v) is 8.26. The van der Waals surface area contributed by atoms with Crippen molar-refractivity contribution in [2.24, 2.45) is 22.7 Å². The van der Waals surface area contributed by atoms with E-state index >= 15 is 0 Å². The molecule has 6 heteroatoms. The van der Waals surface area contributed by atoms with E-state index in [0.29, 0.717) is 12.8 Å². The van der Waals surface area contributed by atoms with Crippen LogP contribution in [0, 0.1) is 22.7 Å². The van der Waals surface area contributed by atoms with Crippen molar-refractivity contribution in [3.63, 3.8) is 0 Å². The Bertz CT molecular complexity index is 897. The molecule has 0 aromatic rings. The number of allylic oxidation sites excluding steroid dienone is 6. The van der Waals surface area contributed by atoms with Crippen LogP contribution in [0.2, 0.25) is 0 Å². The molecule has 2 saturated carbocycles. The number of ether oxygens (including phenoxy) is 1. The highest BCUT2D eigenvalue weighted by atomic mass is 16.5. The summed E-state index contributed by atoms with van der Waals surface area (Å²) in [6, 6.07) is 0. The lowest BCUT2D eigenvalue weighted by Gasteiger charge is -2.53. The normalized spacial score (nSPS) is 41.9. The summed E-state index contributed by atoms with van der Waals surface area (Å²) in [7, 11) is 0. The van der Waals surface area contributed by atoms with Gasteiger partial charge in [-0.25, -0.2) is 0 Å². The van der Waals surface area contributed by atoms with Crippen molar-refractivity contribution in [3.05, 3.63) is 35.5 Å². The summed E-state index contributed by atoms with van der Waals surface area (Å²) in [6.07, 6.45) is 8.91. The molecule has 0 aromatic carbocycles. The van der Waals surface area contributed by atoms with Gasteiger partial charge in [0.05, 0.1) is 6.10 Å². The maximum atomic E-state index is 12.4. The number of aliphatic hydroxyl groups excluding tert-OH is 1. The molecule has 162 valence electrons. The van der Waals surface area contributed by atoms with Crippen LogP contribution in [0.15, 0.2) is 35.5 Å². The second-order valence-electron chi connectivity index (χ2n) is 9.81. The Morgan fingerprint density at radius 2 is 2.03 bits per heavy atom. The number of fused-ring (bicyclic) bond motifs is 5. The topological polar surface area (TPSA) is 101 Å². The van der Waals surface area contributed by atoms with Crippen molar-refractivity contribution < 1.29 is 29.3 Å². The van der Waals surface area contributed by atoms with E-state index in [-0.39, 0.29) is 36.1 Å². The lowest BCUT2D eigenvalue weighted by Crippen LogP contribution is -2.55. The van der Waals surface area contributed by atoms with Gasteiger partial charge in [0.1, 0.15) is 12.2 Å². The SMILES string of the molecule is CC(=O)OCC(=O)C[C@@]1(O)[C@@H](O)CC2C3CCC4=CC(=O)C=CC4(C)C3=CCC21C. The average molecular weight is 414 g/mol. The van der Waals surface area contributed by atoms with Gasteiger partial charge in [-0.3, -0.25) is 14.4 Å². The van der Waals surface area contributed by atoms with Gasteiger partial charge < -0.3 is 14.9 Å². The molecule has 2 N–H and O–H groups in total. The molecule has 2 fully saturated rings. The number of hydrogen-bond donors (Lipinski definition) is 2. The molecule has 4 aliphatic carbocycles. The van der Waals surface area contributed by atoms with Gasteiger partial charge in [0, 0.05) is 24.2 Å². The summed E-state index contributed by atoms with van der Waals surface area (Å²) in [5.41, 5.74) is -0.125. The van der Waals surface area contributed by atoms with Crippen LogP contribution in [0.25, 0.3) is 0 Å². The number of aliphatic hydroxyl groups is 2. The van der Waals surface area contributed by atoms with Crippen LogP contribution in [-0.4, -0.2) is 46.1 Å². The lowest BCUT2D eigenvalue weighted by molar-refractivity contribution is -0.157. The van der Waals surface area contributed by atoms with Gasteiger partial charge in [-0.05, 0) is 56.6 Å². The van der Waals surface area contributed by atoms with Crippen molar-refractivity contribution in [3.8, 4) is 0 Å². The molecular weight excluding hydrogens is 384 g/mol. The summed E-state index contributed by atoms with van der Waals surface area (Å²) in [6.45, 7) is 4.95. The predicted octanol–water partition coefficient (Wildman–Crippen LogP) is 2.44. The van der Waals surface area contributed by atoms with E-state index in [1.165, 1.54) is 12.5 Å². The third-order valence-electron chi connectivity index (χ3n) is 8.26. The number of esters is 1. The van der Waals surface area contributed by atoms with E-state index in [0.717, 1.165) is 18.4 Å². The fourth-order valence-corrected chi connectivity index (χ4v) is 6.48. The largest absolute Gasteiger partial charge is 0.458 e. The second-order valence-corrected chi connectivity index (χ2v) is 9.81. The van der Waals surface area contributed by atoms with Crippen molar-refractivity contribution in [1.29, 1.82) is 0 Å². The van der Waals surface area contributed by atoms with Gasteiger partial charge in [-0.1, -0.05) is 30.2 Å². The van der Waals surface area contributed by atoms with Gasteiger partial charge in [-0.15, -0.1) is 0 Å². The highest BCUT2D eigenvalue weighted by molar-refractivity contribution is 6.01. The minimum absolute atomic E-state index is 0.0270. The highest BCUT2D eigenvalue weighted by Crippen LogP contribution is 2.65. The summed E-state index contributed by atoms with van der Waals surface area (Å²) in [4.78, 5) is 35.3. The van der Waals surface area contributed by atoms with Crippen LogP contribution in [0.1, 0.15) is 52.9 Å². The number of rotatable bonds is 4. The Morgan fingerprint density at radius 3 is 2.73 bits per heavy atom. The molecule has 0 spiro atoms. The number of hydrogen-bond acceptors (Lipinski definition) is 6. The van der Waals surface area contributed by atoms with E-state index in [9.17, 15) is 24.6 Å². The molecule has 0 radical (unpaired) electrons. The Kier molecular flexibility index (Phi) is 4.94. The number of ketones is 2. The standard InChI is InChI=1S/C24H30O6/c1-14(25)30-13-17(27)12-24(29)21(28)11-20-18-5-4-15-10-16(26)6-8-22(15,2)19(18)7-9-23(20,24)3/h6-8,10,18,20-21,28-29H,4-5,9,11-13H2,1-3H3/t18?,20?,21-,22?,23?,24+/m0/s1. The monoisotopic (exact) mass is 414 g/mol. The van der Waals surface area contributed by atoms with E-state index in [4.69, 9.17) is 4.74 Å². The van der Waals surface area contributed by atoms with Crippen LogP contribution in [0.4, 0.5) is 0 Å². The van der Waals surface area contributed by atoms with Crippen molar-refractivity contribution >= 4 is 17.5 Å². The molecule has 0 saturated heterocycles. The first-order chi connectivity index (χ1) is 14.0. The molecule has 0 bridgehead atoms. The van der Waals surface area contributed by atoms with Crippen LogP contribution in [0.5, 0.6) is 0 Å². The Hall–Kier alpha value is -2.05. The lowest BCUT2D eigenvalue weighted by atomic mass is 9.51.